The number of amides is 1. The van der Waals surface area contributed by atoms with E-state index in [1.54, 1.807) is 24.0 Å². The number of nitrogens with one attached hydrogen (secondary N) is 1. The SMILES string of the molecule is CC(C)c1cccc2sc(NC(=O)c3ccnn3C)nc12. The molecular weight excluding hydrogens is 284 g/mol. The van der Waals surface area contributed by atoms with Crippen molar-refractivity contribution in [3.8, 4) is 0 Å². The summed E-state index contributed by atoms with van der Waals surface area (Å²) in [4.78, 5) is 16.8. The molecule has 3 aromatic rings. The first kappa shape index (κ1) is 13.8. The highest BCUT2D eigenvalue weighted by Gasteiger charge is 2.14. The zero-order chi connectivity index (χ0) is 15.0. The Labute approximate surface area is 126 Å². The van der Waals surface area contributed by atoms with Crippen molar-refractivity contribution in [3.05, 3.63) is 41.7 Å². The predicted molar refractivity (Wildman–Crippen MR) is 84.9 cm³/mol. The molecule has 0 aliphatic carbocycles. The molecule has 0 saturated carbocycles. The van der Waals surface area contributed by atoms with Gasteiger partial charge >= 0.3 is 0 Å². The van der Waals surface area contributed by atoms with Crippen molar-refractivity contribution in [2.24, 2.45) is 7.05 Å². The van der Waals surface area contributed by atoms with E-state index in [-0.39, 0.29) is 5.91 Å². The average Bonchev–Trinajstić information content (AvgIpc) is 3.03. The molecule has 0 fully saturated rings. The van der Waals surface area contributed by atoms with Crippen molar-refractivity contribution in [2.75, 3.05) is 5.32 Å². The van der Waals surface area contributed by atoms with Gasteiger partial charge in [-0.2, -0.15) is 5.10 Å². The van der Waals surface area contributed by atoms with Gasteiger partial charge in [-0.25, -0.2) is 4.98 Å². The summed E-state index contributed by atoms with van der Waals surface area (Å²) < 4.78 is 2.63. The molecule has 2 heterocycles. The fraction of sp³-hybridized carbons (Fsp3) is 0.267. The van der Waals surface area contributed by atoms with Gasteiger partial charge in [0.25, 0.3) is 5.91 Å². The molecule has 0 saturated heterocycles. The number of anilines is 1. The summed E-state index contributed by atoms with van der Waals surface area (Å²) in [6.45, 7) is 4.28. The largest absolute Gasteiger partial charge is 0.296 e. The smallest absolute Gasteiger partial charge is 0.275 e. The number of hydrogen-bond donors (Lipinski definition) is 1. The molecule has 1 aromatic carbocycles. The van der Waals surface area contributed by atoms with E-state index in [1.807, 2.05) is 12.1 Å². The third-order valence-electron chi connectivity index (χ3n) is 3.35. The molecule has 1 amide bonds. The van der Waals surface area contributed by atoms with E-state index < -0.39 is 0 Å². The first-order chi connectivity index (χ1) is 10.1. The zero-order valence-electron chi connectivity index (χ0n) is 12.1. The standard InChI is InChI=1S/C15H16N4OS/c1-9(2)10-5-4-6-12-13(10)17-15(21-12)18-14(20)11-7-8-16-19(11)3/h4-9H,1-3H3,(H,17,18,20). The van der Waals surface area contributed by atoms with Crippen molar-refractivity contribution in [1.82, 2.24) is 14.8 Å². The molecule has 108 valence electrons. The van der Waals surface area contributed by atoms with E-state index in [2.05, 4.69) is 35.3 Å². The minimum atomic E-state index is -0.194. The minimum absolute atomic E-state index is 0.194. The summed E-state index contributed by atoms with van der Waals surface area (Å²) >= 11 is 1.49. The molecule has 0 spiro atoms. The second kappa shape index (κ2) is 5.29. The van der Waals surface area contributed by atoms with E-state index in [1.165, 1.54) is 16.9 Å². The lowest BCUT2D eigenvalue weighted by Gasteiger charge is -2.04. The molecule has 5 nitrogen and oxygen atoms in total. The Morgan fingerprint density at radius 2 is 2.14 bits per heavy atom. The molecule has 1 N–H and O–H groups in total. The maximum atomic E-state index is 12.2. The highest BCUT2D eigenvalue weighted by Crippen LogP contribution is 2.31. The Balaban J connectivity index is 1.94. The van der Waals surface area contributed by atoms with E-state index in [4.69, 9.17) is 0 Å². The number of nitrogens with zero attached hydrogens (tertiary/aromatic N) is 3. The lowest BCUT2D eigenvalue weighted by molar-refractivity contribution is 0.101. The summed E-state index contributed by atoms with van der Waals surface area (Å²) in [5.41, 5.74) is 2.68. The van der Waals surface area contributed by atoms with Crippen LogP contribution in [0.25, 0.3) is 10.2 Å². The summed E-state index contributed by atoms with van der Waals surface area (Å²) in [6.07, 6.45) is 1.60. The molecule has 3 rings (SSSR count). The van der Waals surface area contributed by atoms with Gasteiger partial charge in [0.05, 0.1) is 10.2 Å². The Hall–Kier alpha value is -2.21. The molecule has 0 aliphatic heterocycles. The lowest BCUT2D eigenvalue weighted by Crippen LogP contribution is -2.15. The van der Waals surface area contributed by atoms with Crippen LogP contribution in [0.5, 0.6) is 0 Å². The van der Waals surface area contributed by atoms with Crippen LogP contribution in [0.4, 0.5) is 5.13 Å². The van der Waals surface area contributed by atoms with Crippen LogP contribution in [0.3, 0.4) is 0 Å². The topological polar surface area (TPSA) is 59.8 Å². The maximum Gasteiger partial charge on any atom is 0.275 e. The van der Waals surface area contributed by atoms with Gasteiger partial charge in [0, 0.05) is 13.2 Å². The van der Waals surface area contributed by atoms with Crippen molar-refractivity contribution < 1.29 is 4.79 Å². The van der Waals surface area contributed by atoms with Gasteiger partial charge in [0.1, 0.15) is 5.69 Å². The summed E-state index contributed by atoms with van der Waals surface area (Å²) in [5, 5.41) is 7.46. The molecule has 0 bridgehead atoms. The monoisotopic (exact) mass is 300 g/mol. The fourth-order valence-corrected chi connectivity index (χ4v) is 3.14. The van der Waals surface area contributed by atoms with Gasteiger partial charge in [0.15, 0.2) is 5.13 Å². The van der Waals surface area contributed by atoms with E-state index in [0.29, 0.717) is 16.7 Å². The highest BCUT2D eigenvalue weighted by atomic mass is 32.1. The van der Waals surface area contributed by atoms with Crippen LogP contribution < -0.4 is 5.32 Å². The fourth-order valence-electron chi connectivity index (χ4n) is 2.25. The van der Waals surface area contributed by atoms with E-state index >= 15 is 0 Å². The van der Waals surface area contributed by atoms with Gasteiger partial charge in [-0.3, -0.25) is 14.8 Å². The highest BCUT2D eigenvalue weighted by molar-refractivity contribution is 7.22. The normalized spacial score (nSPS) is 11.2. The number of carbonyl (C=O) groups is 1. The molecule has 0 radical (unpaired) electrons. The molecule has 0 unspecified atom stereocenters. The lowest BCUT2D eigenvalue weighted by atomic mass is 10.0. The number of carbonyl (C=O) groups excluding carboxylic acids is 1. The first-order valence-corrected chi connectivity index (χ1v) is 7.56. The van der Waals surface area contributed by atoms with Crippen molar-refractivity contribution in [1.29, 1.82) is 0 Å². The average molecular weight is 300 g/mol. The van der Waals surface area contributed by atoms with Gasteiger partial charge in [0.2, 0.25) is 0 Å². The van der Waals surface area contributed by atoms with Crippen LogP contribution in [-0.4, -0.2) is 20.7 Å². The number of rotatable bonds is 3. The van der Waals surface area contributed by atoms with E-state index in [0.717, 1.165) is 10.2 Å². The third kappa shape index (κ3) is 2.54. The third-order valence-corrected chi connectivity index (χ3v) is 4.28. The minimum Gasteiger partial charge on any atom is -0.296 e. The van der Waals surface area contributed by atoms with Crippen molar-refractivity contribution in [3.63, 3.8) is 0 Å². The van der Waals surface area contributed by atoms with Crippen LogP contribution in [0.15, 0.2) is 30.5 Å². The van der Waals surface area contributed by atoms with Crippen LogP contribution in [0, 0.1) is 0 Å². The second-order valence-corrected chi connectivity index (χ2v) is 6.19. The van der Waals surface area contributed by atoms with Crippen LogP contribution in [0.1, 0.15) is 35.8 Å². The van der Waals surface area contributed by atoms with Gasteiger partial charge in [-0.1, -0.05) is 37.3 Å². The quantitative estimate of drug-likeness (QED) is 0.806. The van der Waals surface area contributed by atoms with Gasteiger partial charge in [-0.05, 0) is 23.6 Å². The Morgan fingerprint density at radius 1 is 1.33 bits per heavy atom. The summed E-state index contributed by atoms with van der Waals surface area (Å²) in [6, 6.07) is 7.82. The molecule has 6 heteroatoms. The van der Waals surface area contributed by atoms with Crippen molar-refractivity contribution in [2.45, 2.75) is 19.8 Å². The number of aromatic nitrogens is 3. The van der Waals surface area contributed by atoms with Gasteiger partial charge in [-0.15, -0.1) is 0 Å². The number of hydrogen-bond acceptors (Lipinski definition) is 4. The van der Waals surface area contributed by atoms with Crippen LogP contribution in [-0.2, 0) is 7.05 Å². The number of thiazole rings is 1. The molecule has 21 heavy (non-hydrogen) atoms. The summed E-state index contributed by atoms with van der Waals surface area (Å²) in [7, 11) is 1.74. The second-order valence-electron chi connectivity index (χ2n) is 5.16. The Bertz CT molecular complexity index is 803. The molecule has 0 atom stereocenters. The molecule has 0 aliphatic rings. The maximum absolute atomic E-state index is 12.2. The number of fused-ring (bicyclic) bond motifs is 1. The number of benzene rings is 1. The van der Waals surface area contributed by atoms with Gasteiger partial charge < -0.3 is 0 Å². The Morgan fingerprint density at radius 3 is 2.81 bits per heavy atom. The number of aryl methyl sites for hydroxylation is 1. The van der Waals surface area contributed by atoms with Crippen LogP contribution >= 0.6 is 11.3 Å². The molecular formula is C15H16N4OS. The van der Waals surface area contributed by atoms with Crippen LogP contribution in [0.2, 0.25) is 0 Å². The zero-order valence-corrected chi connectivity index (χ0v) is 12.9. The number of para-hydroxylation sites is 1. The van der Waals surface area contributed by atoms with E-state index in [9.17, 15) is 4.79 Å². The predicted octanol–water partition coefficient (Wildman–Crippen LogP) is 3.41. The Kier molecular flexibility index (Phi) is 3.47. The van der Waals surface area contributed by atoms with Crippen molar-refractivity contribution >= 4 is 32.6 Å². The first-order valence-electron chi connectivity index (χ1n) is 6.75. The summed E-state index contributed by atoms with van der Waals surface area (Å²) in [5.74, 6) is 0.205. The molecule has 2 aromatic heterocycles.